The van der Waals surface area contributed by atoms with Gasteiger partial charge in [-0.3, -0.25) is 9.59 Å². The summed E-state index contributed by atoms with van der Waals surface area (Å²) in [5.41, 5.74) is -0.810. The van der Waals surface area contributed by atoms with Gasteiger partial charge in [-0.2, -0.15) is 0 Å². The van der Waals surface area contributed by atoms with Crippen LogP contribution in [0.2, 0.25) is 0 Å². The Balaban J connectivity index is 2.02. The van der Waals surface area contributed by atoms with E-state index in [1.807, 2.05) is 0 Å². The van der Waals surface area contributed by atoms with Gasteiger partial charge in [-0.05, 0) is 43.9 Å². The molecule has 24 heavy (non-hydrogen) atoms. The standard InChI is InChI=1S/C18H25FN2O3/c1-12(22)21-14-8-9-16(19)15(10-14)17(23)20-11-18(2,24)13-6-4-3-5-7-13/h8-10,13,24H,3-7,11H2,1-2H3,(H,20,23)(H,21,22)/t18-/m0/s1. The van der Waals surface area contributed by atoms with Gasteiger partial charge in [0.2, 0.25) is 5.91 Å². The van der Waals surface area contributed by atoms with Crippen molar-refractivity contribution in [2.24, 2.45) is 5.92 Å². The normalized spacial score (nSPS) is 17.8. The molecule has 0 aliphatic heterocycles. The minimum atomic E-state index is -1.01. The topological polar surface area (TPSA) is 78.4 Å². The molecule has 0 radical (unpaired) electrons. The van der Waals surface area contributed by atoms with Crippen LogP contribution in [0.4, 0.5) is 10.1 Å². The first-order chi connectivity index (χ1) is 11.3. The van der Waals surface area contributed by atoms with Gasteiger partial charge < -0.3 is 15.7 Å². The number of nitrogens with one attached hydrogen (secondary N) is 2. The number of benzene rings is 1. The van der Waals surface area contributed by atoms with Crippen molar-refractivity contribution >= 4 is 17.5 Å². The van der Waals surface area contributed by atoms with Crippen LogP contribution in [-0.4, -0.2) is 29.1 Å². The average Bonchev–Trinajstić information content (AvgIpc) is 2.55. The molecule has 1 saturated carbocycles. The number of carbonyl (C=O) groups is 2. The molecule has 0 unspecified atom stereocenters. The second-order valence-electron chi connectivity index (χ2n) is 6.75. The molecule has 0 heterocycles. The molecule has 1 fully saturated rings. The molecule has 0 saturated heterocycles. The maximum Gasteiger partial charge on any atom is 0.254 e. The summed E-state index contributed by atoms with van der Waals surface area (Å²) in [5, 5.41) is 15.7. The van der Waals surface area contributed by atoms with Crippen LogP contribution in [-0.2, 0) is 4.79 Å². The highest BCUT2D eigenvalue weighted by Gasteiger charge is 2.33. The van der Waals surface area contributed by atoms with E-state index in [2.05, 4.69) is 10.6 Å². The van der Waals surface area contributed by atoms with E-state index in [0.717, 1.165) is 31.7 Å². The first-order valence-electron chi connectivity index (χ1n) is 8.37. The van der Waals surface area contributed by atoms with E-state index in [0.29, 0.717) is 5.69 Å². The second-order valence-corrected chi connectivity index (χ2v) is 6.75. The molecular weight excluding hydrogens is 311 g/mol. The van der Waals surface area contributed by atoms with E-state index in [4.69, 9.17) is 0 Å². The first-order valence-corrected chi connectivity index (χ1v) is 8.37. The predicted octanol–water partition coefficient (Wildman–Crippen LogP) is 2.85. The maximum atomic E-state index is 13.9. The van der Waals surface area contributed by atoms with Crippen molar-refractivity contribution < 1.29 is 19.1 Å². The van der Waals surface area contributed by atoms with Crippen molar-refractivity contribution in [2.75, 3.05) is 11.9 Å². The van der Waals surface area contributed by atoms with E-state index in [1.165, 1.54) is 25.5 Å². The number of hydrogen-bond donors (Lipinski definition) is 3. The molecule has 0 bridgehead atoms. The summed E-state index contributed by atoms with van der Waals surface area (Å²) in [6.07, 6.45) is 5.23. The van der Waals surface area contributed by atoms with Crippen LogP contribution in [0.25, 0.3) is 0 Å². The zero-order valence-electron chi connectivity index (χ0n) is 14.2. The van der Waals surface area contributed by atoms with Crippen LogP contribution in [0.1, 0.15) is 56.3 Å². The maximum absolute atomic E-state index is 13.9. The molecule has 1 atom stereocenters. The lowest BCUT2D eigenvalue weighted by molar-refractivity contribution is -0.114. The Labute approximate surface area is 141 Å². The third-order valence-electron chi connectivity index (χ3n) is 4.62. The Hall–Kier alpha value is -1.95. The van der Waals surface area contributed by atoms with Gasteiger partial charge in [-0.15, -0.1) is 0 Å². The van der Waals surface area contributed by atoms with Gasteiger partial charge in [0.1, 0.15) is 5.82 Å². The molecule has 1 aromatic rings. The van der Waals surface area contributed by atoms with Crippen LogP contribution in [0, 0.1) is 11.7 Å². The van der Waals surface area contributed by atoms with Crippen molar-refractivity contribution in [2.45, 2.75) is 51.6 Å². The monoisotopic (exact) mass is 336 g/mol. The van der Waals surface area contributed by atoms with Crippen LogP contribution in [0.15, 0.2) is 18.2 Å². The van der Waals surface area contributed by atoms with Gasteiger partial charge in [-0.25, -0.2) is 4.39 Å². The average molecular weight is 336 g/mol. The van der Waals surface area contributed by atoms with E-state index in [-0.39, 0.29) is 23.9 Å². The van der Waals surface area contributed by atoms with Gasteiger partial charge in [0.05, 0.1) is 11.2 Å². The van der Waals surface area contributed by atoms with Gasteiger partial charge in [0, 0.05) is 19.2 Å². The predicted molar refractivity (Wildman–Crippen MR) is 90.2 cm³/mol. The highest BCUT2D eigenvalue weighted by atomic mass is 19.1. The van der Waals surface area contributed by atoms with Crippen LogP contribution in [0.5, 0.6) is 0 Å². The Morgan fingerprint density at radius 1 is 1.29 bits per heavy atom. The number of hydrogen-bond acceptors (Lipinski definition) is 3. The molecule has 1 aliphatic rings. The molecular formula is C18H25FN2O3. The zero-order valence-corrected chi connectivity index (χ0v) is 14.2. The minimum absolute atomic E-state index is 0.0697. The molecule has 2 rings (SSSR count). The molecule has 1 aromatic carbocycles. The lowest BCUT2D eigenvalue weighted by Crippen LogP contribution is -2.46. The quantitative estimate of drug-likeness (QED) is 0.774. The Bertz CT molecular complexity index is 610. The summed E-state index contributed by atoms with van der Waals surface area (Å²) in [4.78, 5) is 23.3. The molecule has 0 aromatic heterocycles. The van der Waals surface area contributed by atoms with Crippen LogP contribution in [0.3, 0.4) is 0 Å². The summed E-state index contributed by atoms with van der Waals surface area (Å²) in [7, 11) is 0. The number of amides is 2. The summed E-state index contributed by atoms with van der Waals surface area (Å²) < 4.78 is 13.9. The summed E-state index contributed by atoms with van der Waals surface area (Å²) in [5.74, 6) is -1.43. The minimum Gasteiger partial charge on any atom is -0.388 e. The fourth-order valence-corrected chi connectivity index (χ4v) is 3.20. The van der Waals surface area contributed by atoms with Crippen LogP contribution >= 0.6 is 0 Å². The number of anilines is 1. The van der Waals surface area contributed by atoms with Crippen molar-refractivity contribution in [1.29, 1.82) is 0 Å². The Kier molecular flexibility index (Phi) is 5.94. The largest absolute Gasteiger partial charge is 0.388 e. The van der Waals surface area contributed by atoms with E-state index in [9.17, 15) is 19.1 Å². The molecule has 2 amide bonds. The first kappa shape index (κ1) is 18.4. The molecule has 3 N–H and O–H groups in total. The summed E-state index contributed by atoms with van der Waals surface area (Å²) >= 11 is 0. The fourth-order valence-electron chi connectivity index (χ4n) is 3.20. The summed E-state index contributed by atoms with van der Waals surface area (Å²) in [6, 6.07) is 3.83. The van der Waals surface area contributed by atoms with Crippen LogP contribution < -0.4 is 10.6 Å². The lowest BCUT2D eigenvalue weighted by atomic mass is 9.78. The Morgan fingerprint density at radius 3 is 2.58 bits per heavy atom. The smallest absolute Gasteiger partial charge is 0.254 e. The SMILES string of the molecule is CC(=O)Nc1ccc(F)c(C(=O)NC[C@](C)(O)C2CCCCC2)c1. The highest BCUT2D eigenvalue weighted by Crippen LogP contribution is 2.32. The van der Waals surface area contributed by atoms with E-state index in [1.54, 1.807) is 6.92 Å². The van der Waals surface area contributed by atoms with Gasteiger partial charge >= 0.3 is 0 Å². The van der Waals surface area contributed by atoms with Gasteiger partial charge in [0.15, 0.2) is 0 Å². The van der Waals surface area contributed by atoms with Crippen molar-refractivity contribution in [3.05, 3.63) is 29.6 Å². The van der Waals surface area contributed by atoms with E-state index >= 15 is 0 Å². The van der Waals surface area contributed by atoms with Gasteiger partial charge in [0.25, 0.3) is 5.91 Å². The third kappa shape index (κ3) is 4.77. The zero-order chi connectivity index (χ0) is 17.7. The van der Waals surface area contributed by atoms with Crippen molar-refractivity contribution in [3.8, 4) is 0 Å². The number of rotatable bonds is 5. The molecule has 6 heteroatoms. The highest BCUT2D eigenvalue weighted by molar-refractivity contribution is 5.97. The third-order valence-corrected chi connectivity index (χ3v) is 4.62. The van der Waals surface area contributed by atoms with Crippen molar-refractivity contribution in [3.63, 3.8) is 0 Å². The fraction of sp³-hybridized carbons (Fsp3) is 0.556. The number of aliphatic hydroxyl groups is 1. The molecule has 1 aliphatic carbocycles. The van der Waals surface area contributed by atoms with Gasteiger partial charge in [-0.1, -0.05) is 19.3 Å². The number of halogens is 1. The summed E-state index contributed by atoms with van der Waals surface area (Å²) in [6.45, 7) is 3.12. The molecule has 0 spiro atoms. The number of carbonyl (C=O) groups excluding carboxylic acids is 2. The second kappa shape index (κ2) is 7.75. The lowest BCUT2D eigenvalue weighted by Gasteiger charge is -2.35. The molecule has 5 nitrogen and oxygen atoms in total. The van der Waals surface area contributed by atoms with Crippen molar-refractivity contribution in [1.82, 2.24) is 5.32 Å². The van der Waals surface area contributed by atoms with E-state index < -0.39 is 17.3 Å². The molecule has 132 valence electrons. The Morgan fingerprint density at radius 2 is 1.96 bits per heavy atom.